The van der Waals surface area contributed by atoms with Crippen LogP contribution in [-0.2, 0) is 4.79 Å². The lowest BCUT2D eigenvalue weighted by molar-refractivity contribution is -0.142. The van der Waals surface area contributed by atoms with Gasteiger partial charge in [0.1, 0.15) is 0 Å². The normalized spacial score (nSPS) is 35.1. The van der Waals surface area contributed by atoms with Crippen LogP contribution in [-0.4, -0.2) is 48.2 Å². The maximum absolute atomic E-state index is 10.9. The Kier molecular flexibility index (Phi) is 5.01. The van der Waals surface area contributed by atoms with E-state index in [1.54, 1.807) is 0 Å². The molecule has 104 valence electrons. The Hall–Kier alpha value is -0.610. The second kappa shape index (κ2) is 6.53. The molecule has 2 rings (SSSR count). The van der Waals surface area contributed by atoms with Gasteiger partial charge in [0.05, 0.1) is 5.92 Å². The zero-order valence-electron chi connectivity index (χ0n) is 11.4. The van der Waals surface area contributed by atoms with E-state index in [1.807, 2.05) is 0 Å². The van der Waals surface area contributed by atoms with Gasteiger partial charge in [0.25, 0.3) is 0 Å². The number of hydrogen-bond acceptors (Lipinski definition) is 3. The largest absolute Gasteiger partial charge is 0.481 e. The molecule has 0 bridgehead atoms. The summed E-state index contributed by atoms with van der Waals surface area (Å²) in [5.74, 6) is -0.701. The molecule has 18 heavy (non-hydrogen) atoms. The van der Waals surface area contributed by atoms with Gasteiger partial charge in [-0.2, -0.15) is 0 Å². The van der Waals surface area contributed by atoms with Gasteiger partial charge in [0.15, 0.2) is 0 Å². The van der Waals surface area contributed by atoms with E-state index >= 15 is 0 Å². The van der Waals surface area contributed by atoms with Crippen LogP contribution in [0.3, 0.4) is 0 Å². The molecule has 0 aromatic carbocycles. The summed E-state index contributed by atoms with van der Waals surface area (Å²) in [6.45, 7) is 2.39. The molecule has 0 radical (unpaired) electrons. The smallest absolute Gasteiger partial charge is 0.306 e. The highest BCUT2D eigenvalue weighted by atomic mass is 16.4. The van der Waals surface area contributed by atoms with Crippen molar-refractivity contribution in [3.8, 4) is 0 Å². The van der Waals surface area contributed by atoms with Gasteiger partial charge < -0.3 is 15.3 Å². The van der Waals surface area contributed by atoms with Crippen LogP contribution in [0.1, 0.15) is 44.9 Å². The average Bonchev–Trinajstić information content (AvgIpc) is 2.55. The highest BCUT2D eigenvalue weighted by molar-refractivity contribution is 5.70. The first-order chi connectivity index (χ1) is 8.65. The number of nitrogens with one attached hydrogen (secondary N) is 1. The Labute approximate surface area is 110 Å². The molecule has 1 heterocycles. The molecule has 1 aliphatic heterocycles. The Morgan fingerprint density at radius 3 is 2.39 bits per heavy atom. The molecule has 0 aromatic heterocycles. The monoisotopic (exact) mass is 254 g/mol. The lowest BCUT2D eigenvalue weighted by Gasteiger charge is -2.30. The van der Waals surface area contributed by atoms with E-state index in [1.165, 1.54) is 32.4 Å². The van der Waals surface area contributed by atoms with Crippen LogP contribution in [0, 0.1) is 5.92 Å². The molecule has 2 fully saturated rings. The summed E-state index contributed by atoms with van der Waals surface area (Å²) in [5, 5.41) is 12.7. The third-order valence-electron chi connectivity index (χ3n) is 4.50. The average molecular weight is 254 g/mol. The van der Waals surface area contributed by atoms with E-state index in [9.17, 15) is 4.79 Å². The van der Waals surface area contributed by atoms with Gasteiger partial charge in [-0.1, -0.05) is 0 Å². The van der Waals surface area contributed by atoms with Crippen LogP contribution in [0.2, 0.25) is 0 Å². The molecule has 1 atom stereocenters. The molecule has 2 N–H and O–H groups in total. The summed E-state index contributed by atoms with van der Waals surface area (Å²) >= 11 is 0. The van der Waals surface area contributed by atoms with Gasteiger partial charge in [-0.05, 0) is 65.1 Å². The second-order valence-corrected chi connectivity index (χ2v) is 5.98. The van der Waals surface area contributed by atoms with Crippen molar-refractivity contribution in [3.63, 3.8) is 0 Å². The molecule has 1 aliphatic carbocycles. The second-order valence-electron chi connectivity index (χ2n) is 5.98. The molecule has 4 heteroatoms. The van der Waals surface area contributed by atoms with Crippen molar-refractivity contribution in [1.29, 1.82) is 0 Å². The number of hydrogen-bond donors (Lipinski definition) is 2. The number of carboxylic acid groups (broad SMARTS) is 1. The van der Waals surface area contributed by atoms with E-state index in [2.05, 4.69) is 17.3 Å². The van der Waals surface area contributed by atoms with Gasteiger partial charge in [0, 0.05) is 12.1 Å². The molecular formula is C14H26N2O2. The van der Waals surface area contributed by atoms with Gasteiger partial charge in [-0.3, -0.25) is 4.79 Å². The zero-order chi connectivity index (χ0) is 13.0. The molecule has 0 aromatic rings. The number of rotatable bonds is 3. The van der Waals surface area contributed by atoms with Crippen LogP contribution in [0.15, 0.2) is 0 Å². The Morgan fingerprint density at radius 1 is 1.06 bits per heavy atom. The minimum Gasteiger partial charge on any atom is -0.481 e. The molecule has 1 saturated heterocycles. The number of aliphatic carboxylic acids is 1. The van der Waals surface area contributed by atoms with Crippen LogP contribution in [0.25, 0.3) is 0 Å². The van der Waals surface area contributed by atoms with Gasteiger partial charge in [-0.15, -0.1) is 0 Å². The van der Waals surface area contributed by atoms with E-state index < -0.39 is 5.97 Å². The van der Waals surface area contributed by atoms with E-state index in [0.717, 1.165) is 25.7 Å². The minimum atomic E-state index is -0.607. The van der Waals surface area contributed by atoms with Gasteiger partial charge in [0.2, 0.25) is 0 Å². The van der Waals surface area contributed by atoms with Crippen molar-refractivity contribution in [3.05, 3.63) is 0 Å². The van der Waals surface area contributed by atoms with Gasteiger partial charge in [-0.25, -0.2) is 0 Å². The zero-order valence-corrected chi connectivity index (χ0v) is 11.4. The summed E-state index contributed by atoms with van der Waals surface area (Å²) < 4.78 is 0. The van der Waals surface area contributed by atoms with Crippen molar-refractivity contribution < 1.29 is 9.90 Å². The van der Waals surface area contributed by atoms with Crippen molar-refractivity contribution in [2.45, 2.75) is 57.0 Å². The first-order valence-corrected chi connectivity index (χ1v) is 7.32. The molecule has 1 saturated carbocycles. The van der Waals surface area contributed by atoms with E-state index in [-0.39, 0.29) is 5.92 Å². The van der Waals surface area contributed by atoms with Crippen molar-refractivity contribution in [2.75, 3.05) is 20.1 Å². The summed E-state index contributed by atoms with van der Waals surface area (Å²) in [6, 6.07) is 1.19. The molecule has 4 nitrogen and oxygen atoms in total. The van der Waals surface area contributed by atoms with Crippen molar-refractivity contribution >= 4 is 5.97 Å². The van der Waals surface area contributed by atoms with Crippen LogP contribution in [0.5, 0.6) is 0 Å². The minimum absolute atomic E-state index is 0.0942. The highest BCUT2D eigenvalue weighted by Gasteiger charge is 2.27. The predicted molar refractivity (Wildman–Crippen MR) is 71.7 cm³/mol. The Bertz CT molecular complexity index is 275. The third kappa shape index (κ3) is 3.95. The maximum Gasteiger partial charge on any atom is 0.306 e. The van der Waals surface area contributed by atoms with Crippen molar-refractivity contribution in [1.82, 2.24) is 10.2 Å². The van der Waals surface area contributed by atoms with Crippen LogP contribution < -0.4 is 5.32 Å². The highest BCUT2D eigenvalue weighted by Crippen LogP contribution is 2.25. The Morgan fingerprint density at radius 2 is 1.72 bits per heavy atom. The topological polar surface area (TPSA) is 52.6 Å². The molecule has 0 amide bonds. The lowest BCUT2D eigenvalue weighted by Crippen LogP contribution is -2.41. The molecular weight excluding hydrogens is 228 g/mol. The summed E-state index contributed by atoms with van der Waals surface area (Å²) in [5.41, 5.74) is 0. The summed E-state index contributed by atoms with van der Waals surface area (Å²) in [6.07, 6.45) is 7.53. The van der Waals surface area contributed by atoms with Crippen LogP contribution >= 0.6 is 0 Å². The molecule has 1 unspecified atom stereocenters. The standard InChI is InChI=1S/C14H26N2O2/c1-16-9-2-3-12(8-10-16)15-13-6-4-11(5-7-13)14(17)18/h11-13,15H,2-10H2,1H3,(H,17,18). The fourth-order valence-corrected chi connectivity index (χ4v) is 3.25. The van der Waals surface area contributed by atoms with Crippen molar-refractivity contribution in [2.24, 2.45) is 5.92 Å². The number of carboxylic acids is 1. The summed E-state index contributed by atoms with van der Waals surface area (Å²) in [4.78, 5) is 13.3. The molecule has 0 spiro atoms. The Balaban J connectivity index is 1.72. The lowest BCUT2D eigenvalue weighted by atomic mass is 9.85. The first kappa shape index (κ1) is 13.8. The molecule has 2 aliphatic rings. The fraction of sp³-hybridized carbons (Fsp3) is 0.929. The van der Waals surface area contributed by atoms with Gasteiger partial charge >= 0.3 is 5.97 Å². The number of likely N-dealkylation sites (tertiary alicyclic amines) is 1. The number of carbonyl (C=O) groups is 1. The van der Waals surface area contributed by atoms with E-state index in [4.69, 9.17) is 5.11 Å². The third-order valence-corrected chi connectivity index (χ3v) is 4.50. The quantitative estimate of drug-likeness (QED) is 0.805. The van der Waals surface area contributed by atoms with E-state index in [0.29, 0.717) is 12.1 Å². The predicted octanol–water partition coefficient (Wildman–Crippen LogP) is 1.70. The number of nitrogens with zero attached hydrogens (tertiary/aromatic N) is 1. The maximum atomic E-state index is 10.9. The summed E-state index contributed by atoms with van der Waals surface area (Å²) in [7, 11) is 2.19. The van der Waals surface area contributed by atoms with Crippen LogP contribution in [0.4, 0.5) is 0 Å². The first-order valence-electron chi connectivity index (χ1n) is 7.32. The SMILES string of the molecule is CN1CCCC(NC2CCC(C(=O)O)CC2)CC1. The fourth-order valence-electron chi connectivity index (χ4n) is 3.25.